The van der Waals surface area contributed by atoms with Crippen molar-refractivity contribution in [3.63, 3.8) is 0 Å². The molecule has 1 saturated heterocycles. The fourth-order valence-electron chi connectivity index (χ4n) is 2.95. The van der Waals surface area contributed by atoms with E-state index < -0.39 is 0 Å². The number of ether oxygens (including phenoxy) is 1. The summed E-state index contributed by atoms with van der Waals surface area (Å²) in [5.41, 5.74) is 3.61. The Labute approximate surface area is 126 Å². The second-order valence-corrected chi connectivity index (χ2v) is 6.12. The van der Waals surface area contributed by atoms with E-state index in [0.29, 0.717) is 0 Å². The van der Waals surface area contributed by atoms with E-state index in [1.54, 1.807) is 0 Å². The standard InChI is InChI=1S/C16H26N2O3/c1-16(2,17-21-19)15(14-6-4-3-5-7-14)8-9-18-10-12-20-13-11-18/h3-7,15,17,19H,8-13H2,1-2H3. The summed E-state index contributed by atoms with van der Waals surface area (Å²) in [5, 5.41) is 8.78. The van der Waals surface area contributed by atoms with Crippen molar-refractivity contribution in [3.05, 3.63) is 35.9 Å². The first kappa shape index (κ1) is 16.4. The minimum Gasteiger partial charge on any atom is -0.379 e. The predicted molar refractivity (Wildman–Crippen MR) is 82.0 cm³/mol. The average Bonchev–Trinajstić information content (AvgIpc) is 2.49. The molecule has 1 aromatic rings. The zero-order valence-corrected chi connectivity index (χ0v) is 12.9. The van der Waals surface area contributed by atoms with Gasteiger partial charge in [-0.15, -0.1) is 4.99 Å². The van der Waals surface area contributed by atoms with Gasteiger partial charge in [-0.05, 0) is 32.4 Å². The van der Waals surface area contributed by atoms with Gasteiger partial charge in [0, 0.05) is 24.5 Å². The number of rotatable bonds is 7. The Hall–Kier alpha value is -0.980. The maximum absolute atomic E-state index is 8.78. The number of benzene rings is 1. The summed E-state index contributed by atoms with van der Waals surface area (Å²) in [7, 11) is 0. The second-order valence-electron chi connectivity index (χ2n) is 6.12. The van der Waals surface area contributed by atoms with Gasteiger partial charge in [-0.2, -0.15) is 5.48 Å². The lowest BCUT2D eigenvalue weighted by atomic mass is 9.80. The highest BCUT2D eigenvalue weighted by atomic mass is 17.2. The minimum absolute atomic E-state index is 0.244. The van der Waals surface area contributed by atoms with E-state index >= 15 is 0 Å². The molecule has 1 unspecified atom stereocenters. The van der Waals surface area contributed by atoms with Crippen LogP contribution in [0.2, 0.25) is 0 Å². The quantitative estimate of drug-likeness (QED) is 0.597. The second kappa shape index (κ2) is 7.87. The first-order chi connectivity index (χ1) is 10.1. The Morgan fingerprint density at radius 1 is 1.29 bits per heavy atom. The van der Waals surface area contributed by atoms with Crippen molar-refractivity contribution < 1.29 is 15.0 Å². The van der Waals surface area contributed by atoms with Crippen LogP contribution >= 0.6 is 0 Å². The van der Waals surface area contributed by atoms with Crippen molar-refractivity contribution in [2.45, 2.75) is 31.7 Å². The lowest BCUT2D eigenvalue weighted by Crippen LogP contribution is -2.46. The van der Waals surface area contributed by atoms with Crippen LogP contribution in [0.1, 0.15) is 31.7 Å². The van der Waals surface area contributed by atoms with Crippen LogP contribution in [-0.2, 0) is 9.73 Å². The smallest absolute Gasteiger partial charge is 0.0594 e. The fourth-order valence-corrected chi connectivity index (χ4v) is 2.95. The SMILES string of the molecule is CC(C)(NOO)C(CCN1CCOCC1)c1ccccc1. The third kappa shape index (κ3) is 4.76. The fraction of sp³-hybridized carbons (Fsp3) is 0.625. The molecule has 0 spiro atoms. The molecule has 1 heterocycles. The largest absolute Gasteiger partial charge is 0.379 e. The van der Waals surface area contributed by atoms with Crippen LogP contribution in [-0.4, -0.2) is 48.5 Å². The van der Waals surface area contributed by atoms with Crippen LogP contribution in [0.4, 0.5) is 0 Å². The van der Waals surface area contributed by atoms with Crippen molar-refractivity contribution in [3.8, 4) is 0 Å². The first-order valence-corrected chi connectivity index (χ1v) is 7.56. The van der Waals surface area contributed by atoms with E-state index in [1.165, 1.54) is 5.56 Å². The molecule has 1 aromatic carbocycles. The van der Waals surface area contributed by atoms with Crippen LogP contribution in [0.3, 0.4) is 0 Å². The van der Waals surface area contributed by atoms with Crippen LogP contribution in [0, 0.1) is 0 Å². The number of hydrogen-bond acceptors (Lipinski definition) is 5. The molecule has 0 aliphatic carbocycles. The molecule has 0 saturated carbocycles. The van der Waals surface area contributed by atoms with Gasteiger partial charge in [0.2, 0.25) is 0 Å². The predicted octanol–water partition coefficient (Wildman–Crippen LogP) is 2.27. The van der Waals surface area contributed by atoms with Crippen molar-refractivity contribution in [2.24, 2.45) is 0 Å². The highest BCUT2D eigenvalue weighted by Crippen LogP contribution is 2.31. The molecule has 2 rings (SSSR count). The van der Waals surface area contributed by atoms with Crippen LogP contribution in [0.25, 0.3) is 0 Å². The normalized spacial score (nSPS) is 18.6. The number of hydrogen-bond donors (Lipinski definition) is 2. The third-order valence-electron chi connectivity index (χ3n) is 4.22. The van der Waals surface area contributed by atoms with Gasteiger partial charge in [0.05, 0.1) is 13.2 Å². The Balaban J connectivity index is 2.04. The average molecular weight is 294 g/mol. The van der Waals surface area contributed by atoms with E-state index in [2.05, 4.69) is 27.5 Å². The molecule has 2 N–H and O–H groups in total. The summed E-state index contributed by atoms with van der Waals surface area (Å²) in [4.78, 5) is 6.64. The summed E-state index contributed by atoms with van der Waals surface area (Å²) < 4.78 is 5.39. The molecule has 1 aliphatic heterocycles. The van der Waals surface area contributed by atoms with Crippen LogP contribution in [0.5, 0.6) is 0 Å². The van der Waals surface area contributed by atoms with Crippen molar-refractivity contribution >= 4 is 0 Å². The zero-order chi connectivity index (χ0) is 15.1. The number of morpholine rings is 1. The Bertz CT molecular complexity index is 405. The van der Waals surface area contributed by atoms with Gasteiger partial charge in [0.15, 0.2) is 0 Å². The molecule has 21 heavy (non-hydrogen) atoms. The third-order valence-corrected chi connectivity index (χ3v) is 4.22. The molecule has 0 radical (unpaired) electrons. The van der Waals surface area contributed by atoms with E-state index in [1.807, 2.05) is 32.0 Å². The molecule has 118 valence electrons. The monoisotopic (exact) mass is 294 g/mol. The van der Waals surface area contributed by atoms with Crippen LogP contribution < -0.4 is 5.48 Å². The molecule has 5 nitrogen and oxygen atoms in total. The summed E-state index contributed by atoms with van der Waals surface area (Å²) >= 11 is 0. The Morgan fingerprint density at radius 2 is 1.95 bits per heavy atom. The molecule has 5 heteroatoms. The van der Waals surface area contributed by atoms with E-state index in [9.17, 15) is 0 Å². The minimum atomic E-state index is -0.359. The van der Waals surface area contributed by atoms with Crippen molar-refractivity contribution in [2.75, 3.05) is 32.8 Å². The molecule has 1 fully saturated rings. The number of hydroxylamine groups is 1. The van der Waals surface area contributed by atoms with Gasteiger partial charge in [0.1, 0.15) is 0 Å². The first-order valence-electron chi connectivity index (χ1n) is 7.56. The maximum atomic E-state index is 8.78. The van der Waals surface area contributed by atoms with Gasteiger partial charge in [0.25, 0.3) is 0 Å². The van der Waals surface area contributed by atoms with E-state index in [-0.39, 0.29) is 11.5 Å². The Kier molecular flexibility index (Phi) is 6.14. The molecule has 0 bridgehead atoms. The van der Waals surface area contributed by atoms with Gasteiger partial charge >= 0.3 is 0 Å². The highest BCUT2D eigenvalue weighted by Gasteiger charge is 2.31. The summed E-state index contributed by atoms with van der Waals surface area (Å²) in [6, 6.07) is 10.4. The molecule has 0 amide bonds. The van der Waals surface area contributed by atoms with Gasteiger partial charge in [-0.25, -0.2) is 5.26 Å². The maximum Gasteiger partial charge on any atom is 0.0594 e. The molecule has 0 aromatic heterocycles. The van der Waals surface area contributed by atoms with Gasteiger partial charge < -0.3 is 4.74 Å². The highest BCUT2D eigenvalue weighted by molar-refractivity contribution is 5.23. The molecule has 1 aliphatic rings. The van der Waals surface area contributed by atoms with Crippen LogP contribution in [0.15, 0.2) is 30.3 Å². The summed E-state index contributed by atoms with van der Waals surface area (Å²) in [6.45, 7) is 8.71. The Morgan fingerprint density at radius 3 is 2.57 bits per heavy atom. The van der Waals surface area contributed by atoms with Crippen molar-refractivity contribution in [1.82, 2.24) is 10.4 Å². The molecule has 1 atom stereocenters. The van der Waals surface area contributed by atoms with Crippen molar-refractivity contribution in [1.29, 1.82) is 0 Å². The zero-order valence-electron chi connectivity index (χ0n) is 12.9. The summed E-state index contributed by atoms with van der Waals surface area (Å²) in [6.07, 6.45) is 0.993. The molecular formula is C16H26N2O3. The van der Waals surface area contributed by atoms with E-state index in [4.69, 9.17) is 9.99 Å². The summed E-state index contributed by atoms with van der Waals surface area (Å²) in [5.74, 6) is 0.244. The van der Waals surface area contributed by atoms with Gasteiger partial charge in [-0.3, -0.25) is 4.90 Å². The lowest BCUT2D eigenvalue weighted by Gasteiger charge is -2.36. The lowest BCUT2D eigenvalue weighted by molar-refractivity contribution is -0.309. The van der Waals surface area contributed by atoms with Gasteiger partial charge in [-0.1, -0.05) is 30.3 Å². The number of nitrogens with one attached hydrogen (secondary N) is 1. The number of nitrogens with zero attached hydrogens (tertiary/aromatic N) is 1. The molecular weight excluding hydrogens is 268 g/mol. The topological polar surface area (TPSA) is 54.0 Å². The van der Waals surface area contributed by atoms with E-state index in [0.717, 1.165) is 39.3 Å².